The maximum atomic E-state index is 14.7. The lowest BCUT2D eigenvalue weighted by molar-refractivity contribution is -0.220. The second kappa shape index (κ2) is 33.4. The molecule has 20 atom stereocenters. The fraction of sp³-hybridized carbons (Fsp3) is 0.600. The molecule has 110 heavy (non-hydrogen) atoms. The Labute approximate surface area is 643 Å². The van der Waals surface area contributed by atoms with Crippen molar-refractivity contribution in [1.82, 2.24) is 67.7 Å². The van der Waals surface area contributed by atoms with Gasteiger partial charge in [0.25, 0.3) is 22.2 Å². The van der Waals surface area contributed by atoms with Gasteiger partial charge in [-0.25, -0.2) is 28.7 Å². The van der Waals surface area contributed by atoms with Crippen LogP contribution in [0.1, 0.15) is 102 Å². The Morgan fingerprint density at radius 3 is 1.45 bits per heavy atom. The van der Waals surface area contributed by atoms with E-state index < -0.39 is 223 Å². The highest BCUT2D eigenvalue weighted by Gasteiger charge is 2.47. The third-order valence-electron chi connectivity index (χ3n) is 18.0. The van der Waals surface area contributed by atoms with Crippen LogP contribution < -0.4 is 81.8 Å². The highest BCUT2D eigenvalue weighted by Crippen LogP contribution is 2.55. The first kappa shape index (κ1) is 84.0. The summed E-state index contributed by atoms with van der Waals surface area (Å²) in [6.07, 6.45) is -15.9. The molecule has 5 saturated heterocycles. The molecule has 0 saturated carbocycles. The van der Waals surface area contributed by atoms with Crippen molar-refractivity contribution in [3.8, 4) is 0 Å². The first-order valence-electron chi connectivity index (χ1n) is 33.3. The summed E-state index contributed by atoms with van der Waals surface area (Å²) in [5.74, 6) is -1.05. The van der Waals surface area contributed by atoms with Gasteiger partial charge in [-0.1, -0.05) is 61.1 Å². The van der Waals surface area contributed by atoms with Gasteiger partial charge >= 0.3 is 22.8 Å². The topological polar surface area (TPSA) is 618 Å². The number of hydrogen-bond donors (Lipinski definition) is 8. The van der Waals surface area contributed by atoms with Crippen LogP contribution in [0.3, 0.4) is 0 Å². The predicted octanol–water partition coefficient (Wildman–Crippen LogP) is -1.98. The van der Waals surface area contributed by atoms with E-state index in [1.165, 1.54) is 47.8 Å². The van der Waals surface area contributed by atoms with Crippen LogP contribution in [0.5, 0.6) is 0 Å². The van der Waals surface area contributed by atoms with Gasteiger partial charge in [-0.2, -0.15) is 15.0 Å². The van der Waals surface area contributed by atoms with Crippen LogP contribution >= 0.6 is 33.7 Å². The lowest BCUT2D eigenvalue weighted by Crippen LogP contribution is -2.34. The fourth-order valence-electron chi connectivity index (χ4n) is 12.9. The van der Waals surface area contributed by atoms with Crippen molar-refractivity contribution in [2.45, 2.75) is 166 Å². The number of fused-ring (bicyclic) bond motifs is 2. The van der Waals surface area contributed by atoms with E-state index in [0.717, 1.165) is 19.9 Å². The summed E-state index contributed by atoms with van der Waals surface area (Å²) in [6, 6.07) is 1.42. The monoisotopic (exact) mass is 1730 g/mol. The van der Waals surface area contributed by atoms with Gasteiger partial charge in [0.15, 0.2) is 29.1 Å². The van der Waals surface area contributed by atoms with Crippen LogP contribution in [-0.2, 0) is 133 Å². The zero-order chi connectivity index (χ0) is 79.6. The van der Waals surface area contributed by atoms with Crippen LogP contribution in [0, 0.1) is 25.7 Å². The third-order valence-corrected chi connectivity index (χ3v) is 26.0. The molecule has 5 aliphatic rings. The van der Waals surface area contributed by atoms with Gasteiger partial charge in [0.2, 0.25) is 11.9 Å². The summed E-state index contributed by atoms with van der Waals surface area (Å²) < 4.78 is 109. The van der Waals surface area contributed by atoms with Gasteiger partial charge in [-0.3, -0.25) is 66.9 Å². The molecular formula is C55H71N17O28P5S5-5. The number of H-pyrrole nitrogens is 5. The number of ether oxygens (including phenoxy) is 5. The standard InChI is InChI=1S/C55H76N17O28P5S5/c1-22(2)26-9-37(68-8-7-36(56)60-52(68)77)91-31(26)16-86-102(82,107)97-27-10-38(69-14-24(5)46(73)66-53(69)78)92-32(27)19-89-105(85,110)100-30-13-41(72-45-43(61-55(72)80)49(76)65-51(58)63-45)95-35(30)20-90-104(84,109)98-28-11-39(70-15-25(6)47(74)67-54(70)79)93-33(28)18-88-103(83,108)99-29-12-40(94-34(29)17-87-101(81,106)96-23(3)4)71-21-59-42-44(71)62-50(57)64-48(42)75/h7-8,14-15,21-23,26-35,37-41H,9-13,16-20H2,1-6H3,(H,61,80)(H,81,106)(H,82,107)(H,83,108)(H,84,109)(H,85,110)(H2,56,60,77)(H,66,73,78)(H,67,74,79)(H3,57,62,64,75)(H3,58,63,65,76)/p-5/t26-,27+,28+,29+,30+,31+,32+,33+,34+,35+,37+,38+,39+,40+,41+,101?,102?,103?,104?,105?/m0/s1. The van der Waals surface area contributed by atoms with E-state index in [-0.39, 0.29) is 69.9 Å². The predicted molar refractivity (Wildman–Crippen MR) is 392 cm³/mol. The fourth-order valence-corrected chi connectivity index (χ4v) is 20.3. The highest BCUT2D eigenvalue weighted by molar-refractivity contribution is 8.32. The number of nitrogens with two attached hydrogens (primary N) is 3. The molecular weight excluding hydrogens is 1660 g/mol. The van der Waals surface area contributed by atoms with Gasteiger partial charge < -0.3 is 118 Å². The van der Waals surface area contributed by atoms with E-state index in [9.17, 15) is 62.5 Å². The zero-order valence-electron chi connectivity index (χ0n) is 58.2. The maximum Gasteiger partial charge on any atom is 0.351 e. The molecule has 0 aliphatic carbocycles. The van der Waals surface area contributed by atoms with Gasteiger partial charge in [0.05, 0.1) is 76.0 Å². The van der Waals surface area contributed by atoms with Gasteiger partial charge in [-0.05, 0) is 52.0 Å². The lowest BCUT2D eigenvalue weighted by atomic mass is 9.89. The zero-order valence-corrected chi connectivity index (χ0v) is 66.8. The van der Waals surface area contributed by atoms with Crippen LogP contribution in [-0.4, -0.2) is 162 Å². The molecule has 0 spiro atoms. The van der Waals surface area contributed by atoms with Crippen LogP contribution in [0.2, 0.25) is 0 Å². The van der Waals surface area contributed by atoms with E-state index in [2.05, 4.69) is 44.9 Å². The smallest absolute Gasteiger partial charge is 0.351 e. The second-order valence-electron chi connectivity index (χ2n) is 26.4. The van der Waals surface area contributed by atoms with E-state index >= 15 is 0 Å². The summed E-state index contributed by atoms with van der Waals surface area (Å²) in [6.45, 7) is -17.6. The number of nitrogen functional groups attached to an aromatic ring is 3. The Balaban J connectivity index is 0.765. The first-order chi connectivity index (χ1) is 51.6. The molecule has 7 aromatic heterocycles. The van der Waals surface area contributed by atoms with E-state index in [1.54, 1.807) is 13.8 Å². The molecule has 604 valence electrons. The van der Waals surface area contributed by atoms with Crippen LogP contribution in [0.4, 0.5) is 17.7 Å². The Morgan fingerprint density at radius 1 is 0.527 bits per heavy atom. The van der Waals surface area contributed by atoms with Crippen LogP contribution in [0.15, 0.2) is 69.3 Å². The largest absolute Gasteiger partial charge is 0.780 e. The van der Waals surface area contributed by atoms with Crippen molar-refractivity contribution in [3.05, 3.63) is 125 Å². The number of anilines is 3. The number of hydrogen-bond acceptors (Lipinski definition) is 40. The molecule has 0 bridgehead atoms. The average Bonchev–Trinajstić information content (AvgIpc) is 1.59. The number of aromatic amines is 5. The summed E-state index contributed by atoms with van der Waals surface area (Å²) in [5, 5.41) is 0. The summed E-state index contributed by atoms with van der Waals surface area (Å²) in [5.41, 5.74) is 10.1. The minimum absolute atomic E-state index is 0.00630. The number of aromatic nitrogens is 14. The molecule has 0 radical (unpaired) electrons. The van der Waals surface area contributed by atoms with Gasteiger partial charge in [0, 0.05) is 55.4 Å². The molecule has 5 fully saturated rings. The first-order valence-corrected chi connectivity index (χ1v) is 46.0. The summed E-state index contributed by atoms with van der Waals surface area (Å²) in [4.78, 5) is 188. The van der Waals surface area contributed by atoms with Crippen molar-refractivity contribution in [3.63, 3.8) is 0 Å². The molecule has 5 aliphatic heterocycles. The maximum absolute atomic E-state index is 14.7. The number of rotatable bonds is 31. The van der Waals surface area contributed by atoms with Crippen molar-refractivity contribution >= 4 is 133 Å². The second-order valence-corrected chi connectivity index (χ2v) is 39.9. The molecule has 0 aromatic carbocycles. The minimum atomic E-state index is -5.00. The number of aryl methyl sites for hydroxylation is 2. The van der Waals surface area contributed by atoms with E-state index in [4.69, 9.17) is 146 Å². The number of nitrogens with one attached hydrogen (secondary N) is 5. The van der Waals surface area contributed by atoms with Crippen molar-refractivity contribution in [2.24, 2.45) is 11.8 Å². The summed E-state index contributed by atoms with van der Waals surface area (Å²) >= 11 is 26.8. The van der Waals surface area contributed by atoms with Crippen LogP contribution in [0.25, 0.3) is 22.3 Å². The Hall–Kier alpha value is -5.44. The quantitative estimate of drug-likeness (QED) is 0.0172. The Bertz CT molecular complexity index is 5410. The molecule has 12 rings (SSSR count). The van der Waals surface area contributed by atoms with Gasteiger partial charge in [-0.15, -0.1) is 0 Å². The molecule has 12 heterocycles. The molecule has 45 nitrogen and oxygen atoms in total. The summed E-state index contributed by atoms with van der Waals surface area (Å²) in [7, 11) is 0. The normalized spacial score (nSPS) is 28.6. The van der Waals surface area contributed by atoms with Crippen molar-refractivity contribution in [2.75, 3.05) is 50.2 Å². The third kappa shape index (κ3) is 19.7. The molecule has 7 aromatic rings. The minimum Gasteiger partial charge on any atom is -0.780 e. The Kier molecular flexibility index (Phi) is 25.5. The SMILES string of the molecule is Cc1cn([C@H]2C[C@@H](OP([O-])(=S)OC[C@H]3O[C@@H](n4ccc(N)nc4=O)C[C@H]3C(C)C)[C@@H](COP(=O)([S-])O[C@@H]3C[C@H](n4c(=O)[nH]c5c(=O)[nH]c(N)nc54)O[C@@H]3COP([O-])(=S)O[C@@H]3C[C@H](n4cc(C)c(=O)[nH]c4=O)O[C@@H]3COP([O-])(=S)O[C@@H]3C[C@H](n4cnc5c(=O)[nH]c(N)nc54)O[C@@H]3COP([O-])(=S)OC(C)C)O2)c(=O)[nH]c1=O. The molecule has 0 amide bonds. The van der Waals surface area contributed by atoms with Gasteiger partial charge in [0.1, 0.15) is 88.2 Å². The molecule has 5 unspecified atom stereocenters. The molecule has 55 heteroatoms. The molecule has 11 N–H and O–H groups in total. The Morgan fingerprint density at radius 2 is 0.955 bits per heavy atom. The highest BCUT2D eigenvalue weighted by atomic mass is 32.7. The lowest BCUT2D eigenvalue weighted by Gasteiger charge is -2.36. The van der Waals surface area contributed by atoms with E-state index in [1.807, 2.05) is 13.8 Å². The van der Waals surface area contributed by atoms with Crippen molar-refractivity contribution in [1.29, 1.82) is 0 Å². The number of imidazole rings is 2. The van der Waals surface area contributed by atoms with E-state index in [0.29, 0.717) is 6.42 Å². The number of nitrogens with zero attached hydrogens (tertiary/aromatic N) is 9. The average molecular weight is 1730 g/mol. The van der Waals surface area contributed by atoms with Crippen molar-refractivity contribution < 1.29 is 93.1 Å².